The second-order valence-electron chi connectivity index (χ2n) is 5.69. The number of nitrogens with zero attached hydrogens (tertiary/aromatic N) is 1. The van der Waals surface area contributed by atoms with Crippen molar-refractivity contribution < 1.29 is 0 Å². The normalized spacial score (nSPS) is 24.4. The Morgan fingerprint density at radius 2 is 1.65 bits per heavy atom. The molecular formula is C18H19NS. The van der Waals surface area contributed by atoms with Crippen molar-refractivity contribution in [3.8, 4) is 0 Å². The number of thioether (sulfide) groups is 1. The van der Waals surface area contributed by atoms with E-state index in [0.717, 1.165) is 6.54 Å². The van der Waals surface area contributed by atoms with Crippen molar-refractivity contribution in [1.82, 2.24) is 0 Å². The Morgan fingerprint density at radius 3 is 2.50 bits per heavy atom. The molecule has 2 aromatic carbocycles. The molecule has 2 aliphatic rings. The van der Waals surface area contributed by atoms with Crippen LogP contribution in [0.1, 0.15) is 35.6 Å². The highest BCUT2D eigenvalue weighted by atomic mass is 32.2. The molecule has 0 spiro atoms. The van der Waals surface area contributed by atoms with E-state index in [1.807, 2.05) is 0 Å². The summed E-state index contributed by atoms with van der Waals surface area (Å²) in [5.41, 5.74) is 5.97. The molecule has 2 heterocycles. The fraction of sp³-hybridized carbons (Fsp3) is 0.333. The molecular weight excluding hydrogens is 262 g/mol. The van der Waals surface area contributed by atoms with Gasteiger partial charge in [-0.25, -0.2) is 0 Å². The first-order chi connectivity index (χ1) is 9.86. The Kier molecular flexibility index (Phi) is 2.99. The zero-order valence-corrected chi connectivity index (χ0v) is 12.6. The predicted octanol–water partition coefficient (Wildman–Crippen LogP) is 4.45. The Morgan fingerprint density at radius 1 is 0.950 bits per heavy atom. The van der Waals surface area contributed by atoms with Crippen LogP contribution in [0.2, 0.25) is 0 Å². The lowest BCUT2D eigenvalue weighted by Crippen LogP contribution is -2.36. The minimum Gasteiger partial charge on any atom is -0.363 e. The molecule has 1 fully saturated rings. The van der Waals surface area contributed by atoms with Gasteiger partial charge < -0.3 is 4.90 Å². The van der Waals surface area contributed by atoms with Crippen LogP contribution >= 0.6 is 11.8 Å². The number of hydrogen-bond donors (Lipinski definition) is 0. The summed E-state index contributed by atoms with van der Waals surface area (Å²) in [5.74, 6) is 2.93. The van der Waals surface area contributed by atoms with Gasteiger partial charge in [0.1, 0.15) is 0 Å². The lowest BCUT2D eigenvalue weighted by atomic mass is 9.89. The van der Waals surface area contributed by atoms with Crippen LogP contribution in [0.25, 0.3) is 0 Å². The molecule has 2 aromatic rings. The average molecular weight is 281 g/mol. The van der Waals surface area contributed by atoms with Crippen LogP contribution < -0.4 is 4.90 Å². The molecule has 0 bridgehead atoms. The summed E-state index contributed by atoms with van der Waals surface area (Å²) >= 11 is 2.09. The largest absolute Gasteiger partial charge is 0.363 e. The first-order valence-electron chi connectivity index (χ1n) is 7.38. The van der Waals surface area contributed by atoms with Crippen LogP contribution in [0.5, 0.6) is 0 Å². The summed E-state index contributed by atoms with van der Waals surface area (Å²) in [6, 6.07) is 18.5. The molecule has 2 unspecified atom stereocenters. The molecule has 0 aliphatic carbocycles. The number of rotatable bonds is 0. The van der Waals surface area contributed by atoms with Gasteiger partial charge in [-0.2, -0.15) is 11.8 Å². The second kappa shape index (κ2) is 4.85. The van der Waals surface area contributed by atoms with Crippen molar-refractivity contribution in [2.75, 3.05) is 23.0 Å². The average Bonchev–Trinajstić information content (AvgIpc) is 2.64. The fourth-order valence-corrected chi connectivity index (χ4v) is 4.72. The van der Waals surface area contributed by atoms with E-state index < -0.39 is 0 Å². The highest BCUT2D eigenvalue weighted by Crippen LogP contribution is 2.45. The molecule has 0 saturated carbocycles. The Balaban J connectivity index is 1.97. The van der Waals surface area contributed by atoms with Crippen LogP contribution in [-0.4, -0.2) is 18.1 Å². The number of anilines is 1. The van der Waals surface area contributed by atoms with Crippen LogP contribution in [-0.2, 0) is 0 Å². The summed E-state index contributed by atoms with van der Waals surface area (Å²) in [7, 11) is 0. The molecule has 20 heavy (non-hydrogen) atoms. The highest BCUT2D eigenvalue weighted by Gasteiger charge is 2.32. The van der Waals surface area contributed by atoms with E-state index in [4.69, 9.17) is 0 Å². The molecule has 4 rings (SSSR count). The minimum atomic E-state index is 0.484. The SMILES string of the molecule is CC1c2ccccc2C2CSCCN2c2ccccc21. The third-order valence-electron chi connectivity index (χ3n) is 4.66. The number of fused-ring (bicyclic) bond motifs is 5. The predicted molar refractivity (Wildman–Crippen MR) is 87.8 cm³/mol. The molecule has 2 heteroatoms. The van der Waals surface area contributed by atoms with E-state index in [2.05, 4.69) is 72.1 Å². The van der Waals surface area contributed by atoms with Gasteiger partial charge in [-0.05, 0) is 22.8 Å². The Hall–Kier alpha value is -1.41. The molecule has 102 valence electrons. The van der Waals surface area contributed by atoms with Crippen molar-refractivity contribution in [3.63, 3.8) is 0 Å². The molecule has 1 nitrogen and oxygen atoms in total. The van der Waals surface area contributed by atoms with E-state index in [9.17, 15) is 0 Å². The summed E-state index contributed by atoms with van der Waals surface area (Å²) in [6.45, 7) is 3.51. The molecule has 2 aliphatic heterocycles. The van der Waals surface area contributed by atoms with E-state index in [1.54, 1.807) is 0 Å². The summed E-state index contributed by atoms with van der Waals surface area (Å²) in [6.07, 6.45) is 0. The Bertz CT molecular complexity index is 581. The number of benzene rings is 2. The molecule has 0 aromatic heterocycles. The summed E-state index contributed by atoms with van der Waals surface area (Å²) in [4.78, 5) is 2.63. The van der Waals surface area contributed by atoms with Crippen LogP contribution in [0, 0.1) is 0 Å². The molecule has 2 atom stereocenters. The van der Waals surface area contributed by atoms with E-state index in [0.29, 0.717) is 12.0 Å². The topological polar surface area (TPSA) is 3.24 Å². The van der Waals surface area contributed by atoms with Crippen molar-refractivity contribution in [2.45, 2.75) is 18.9 Å². The first-order valence-corrected chi connectivity index (χ1v) is 8.54. The summed E-state index contributed by atoms with van der Waals surface area (Å²) in [5, 5.41) is 0. The van der Waals surface area contributed by atoms with Gasteiger partial charge in [0.05, 0.1) is 6.04 Å². The van der Waals surface area contributed by atoms with Crippen LogP contribution in [0.15, 0.2) is 48.5 Å². The number of para-hydroxylation sites is 1. The van der Waals surface area contributed by atoms with Gasteiger partial charge in [0.2, 0.25) is 0 Å². The lowest BCUT2D eigenvalue weighted by molar-refractivity contribution is 0.687. The van der Waals surface area contributed by atoms with E-state index >= 15 is 0 Å². The van der Waals surface area contributed by atoms with Gasteiger partial charge in [-0.15, -0.1) is 0 Å². The van der Waals surface area contributed by atoms with Crippen molar-refractivity contribution in [2.24, 2.45) is 0 Å². The first kappa shape index (κ1) is 12.3. The zero-order chi connectivity index (χ0) is 13.5. The van der Waals surface area contributed by atoms with Gasteiger partial charge in [0, 0.05) is 29.7 Å². The van der Waals surface area contributed by atoms with Crippen LogP contribution in [0.4, 0.5) is 5.69 Å². The third-order valence-corrected chi connectivity index (χ3v) is 5.69. The number of hydrogen-bond acceptors (Lipinski definition) is 2. The van der Waals surface area contributed by atoms with Crippen molar-refractivity contribution in [3.05, 3.63) is 65.2 Å². The second-order valence-corrected chi connectivity index (χ2v) is 6.84. The third kappa shape index (κ3) is 1.78. The van der Waals surface area contributed by atoms with Crippen LogP contribution in [0.3, 0.4) is 0 Å². The smallest absolute Gasteiger partial charge is 0.0636 e. The molecule has 0 radical (unpaired) electrons. The van der Waals surface area contributed by atoms with Crippen molar-refractivity contribution in [1.29, 1.82) is 0 Å². The van der Waals surface area contributed by atoms with E-state index in [1.165, 1.54) is 33.9 Å². The highest BCUT2D eigenvalue weighted by molar-refractivity contribution is 7.99. The van der Waals surface area contributed by atoms with Gasteiger partial charge in [0.15, 0.2) is 0 Å². The van der Waals surface area contributed by atoms with Gasteiger partial charge in [-0.3, -0.25) is 0 Å². The van der Waals surface area contributed by atoms with Gasteiger partial charge in [-0.1, -0.05) is 49.4 Å². The van der Waals surface area contributed by atoms with Crippen molar-refractivity contribution >= 4 is 17.4 Å². The van der Waals surface area contributed by atoms with Gasteiger partial charge >= 0.3 is 0 Å². The lowest BCUT2D eigenvalue weighted by Gasteiger charge is -2.37. The monoisotopic (exact) mass is 281 g/mol. The maximum absolute atomic E-state index is 2.63. The molecule has 0 N–H and O–H groups in total. The van der Waals surface area contributed by atoms with E-state index in [-0.39, 0.29) is 0 Å². The molecule has 1 saturated heterocycles. The maximum atomic E-state index is 2.63. The van der Waals surface area contributed by atoms with Gasteiger partial charge in [0.25, 0.3) is 0 Å². The zero-order valence-electron chi connectivity index (χ0n) is 11.8. The summed E-state index contributed by atoms with van der Waals surface area (Å²) < 4.78 is 0. The maximum Gasteiger partial charge on any atom is 0.0636 e. The fourth-order valence-electron chi connectivity index (χ4n) is 3.64. The Labute approximate surface area is 125 Å². The standard InChI is InChI=1S/C18H19NS/c1-13-14-6-2-3-8-16(14)18-12-20-11-10-19(18)17-9-5-4-7-15(13)17/h2-9,13,18H,10-12H2,1H3. The molecule has 0 amide bonds. The minimum absolute atomic E-state index is 0.484. The quantitative estimate of drug-likeness (QED) is 0.702.